The standard InChI is InChI=1S/C14H22N2O.ClH/c17-14(13(11-1-2-11)12-3-4-12)16-9-10-5-7-15-8-6-10;/h5,11-13,15H,1-4,6-9H2,(H,16,17);1H. The summed E-state index contributed by atoms with van der Waals surface area (Å²) in [6.07, 6.45) is 8.41. The van der Waals surface area contributed by atoms with Gasteiger partial charge in [0.05, 0.1) is 0 Å². The van der Waals surface area contributed by atoms with E-state index in [1.54, 1.807) is 0 Å². The zero-order chi connectivity index (χ0) is 11.7. The van der Waals surface area contributed by atoms with Gasteiger partial charge in [0.15, 0.2) is 0 Å². The van der Waals surface area contributed by atoms with Gasteiger partial charge in [-0.25, -0.2) is 0 Å². The minimum absolute atomic E-state index is 0. The number of carbonyl (C=O) groups is 1. The second-order valence-corrected chi connectivity index (χ2v) is 5.73. The third-order valence-electron chi connectivity index (χ3n) is 4.21. The lowest BCUT2D eigenvalue weighted by Gasteiger charge is -2.18. The predicted octanol–water partition coefficient (Wildman–Crippen LogP) is 1.88. The second-order valence-electron chi connectivity index (χ2n) is 5.73. The summed E-state index contributed by atoms with van der Waals surface area (Å²) >= 11 is 0. The predicted molar refractivity (Wildman–Crippen MR) is 74.8 cm³/mol. The van der Waals surface area contributed by atoms with Crippen LogP contribution >= 0.6 is 12.4 Å². The molecule has 4 heteroatoms. The summed E-state index contributed by atoms with van der Waals surface area (Å²) in [5, 5.41) is 6.45. The first kappa shape index (κ1) is 13.9. The number of hydrogen-bond donors (Lipinski definition) is 2. The van der Waals surface area contributed by atoms with E-state index in [1.165, 1.54) is 31.3 Å². The van der Waals surface area contributed by atoms with Crippen LogP contribution in [0.25, 0.3) is 0 Å². The van der Waals surface area contributed by atoms with E-state index in [2.05, 4.69) is 16.7 Å². The maximum atomic E-state index is 12.2. The van der Waals surface area contributed by atoms with Crippen molar-refractivity contribution < 1.29 is 4.79 Å². The van der Waals surface area contributed by atoms with Crippen LogP contribution in [0.2, 0.25) is 0 Å². The molecule has 1 heterocycles. The largest absolute Gasteiger partial charge is 0.352 e. The Balaban J connectivity index is 0.00000120. The van der Waals surface area contributed by atoms with Gasteiger partial charge in [-0.15, -0.1) is 12.4 Å². The van der Waals surface area contributed by atoms with Crippen LogP contribution in [0.15, 0.2) is 11.6 Å². The van der Waals surface area contributed by atoms with Gasteiger partial charge in [0, 0.05) is 19.0 Å². The Morgan fingerprint density at radius 1 is 1.33 bits per heavy atom. The molecule has 3 nitrogen and oxygen atoms in total. The highest BCUT2D eigenvalue weighted by molar-refractivity contribution is 5.85. The van der Waals surface area contributed by atoms with Crippen molar-refractivity contribution in [3.05, 3.63) is 11.6 Å². The van der Waals surface area contributed by atoms with Gasteiger partial charge >= 0.3 is 0 Å². The second kappa shape index (κ2) is 6.07. The number of hydrogen-bond acceptors (Lipinski definition) is 2. The zero-order valence-corrected chi connectivity index (χ0v) is 11.6. The van der Waals surface area contributed by atoms with Gasteiger partial charge in [-0.1, -0.05) is 11.6 Å². The number of halogens is 1. The number of amides is 1. The minimum atomic E-state index is 0. The normalized spacial score (nSPS) is 23.3. The average molecular weight is 271 g/mol. The van der Waals surface area contributed by atoms with Gasteiger partial charge < -0.3 is 10.6 Å². The number of rotatable bonds is 5. The highest BCUT2D eigenvalue weighted by atomic mass is 35.5. The third-order valence-corrected chi connectivity index (χ3v) is 4.21. The van der Waals surface area contributed by atoms with Crippen LogP contribution in [0.4, 0.5) is 0 Å². The van der Waals surface area contributed by atoms with Crippen molar-refractivity contribution >= 4 is 18.3 Å². The quantitative estimate of drug-likeness (QED) is 0.749. The Bertz CT molecular complexity index is 323. The SMILES string of the molecule is Cl.O=C(NCC1=CCNCC1)C(C1CC1)C1CC1. The summed E-state index contributed by atoms with van der Waals surface area (Å²) in [5.74, 6) is 2.10. The molecule has 0 unspecified atom stereocenters. The van der Waals surface area contributed by atoms with Crippen molar-refractivity contribution in [2.45, 2.75) is 32.1 Å². The summed E-state index contributed by atoms with van der Waals surface area (Å²) in [5.41, 5.74) is 1.39. The van der Waals surface area contributed by atoms with Gasteiger partial charge in [-0.3, -0.25) is 4.79 Å². The fraction of sp³-hybridized carbons (Fsp3) is 0.786. The third kappa shape index (κ3) is 3.48. The molecular weight excluding hydrogens is 248 g/mol. The van der Waals surface area contributed by atoms with Crippen molar-refractivity contribution in [2.75, 3.05) is 19.6 Å². The average Bonchev–Trinajstić information content (AvgIpc) is 3.22. The molecule has 0 spiro atoms. The van der Waals surface area contributed by atoms with Crippen LogP contribution in [-0.4, -0.2) is 25.5 Å². The molecule has 0 bridgehead atoms. The Morgan fingerprint density at radius 2 is 2.00 bits per heavy atom. The molecule has 0 aromatic carbocycles. The summed E-state index contributed by atoms with van der Waals surface area (Å²) in [7, 11) is 0. The molecule has 1 aliphatic heterocycles. The Labute approximate surface area is 115 Å². The lowest BCUT2D eigenvalue weighted by Crippen LogP contribution is -2.35. The smallest absolute Gasteiger partial charge is 0.223 e. The topological polar surface area (TPSA) is 41.1 Å². The summed E-state index contributed by atoms with van der Waals surface area (Å²) in [6, 6.07) is 0. The van der Waals surface area contributed by atoms with Gasteiger partial charge in [0.2, 0.25) is 5.91 Å². The van der Waals surface area contributed by atoms with E-state index in [0.717, 1.165) is 26.1 Å². The van der Waals surface area contributed by atoms with E-state index in [4.69, 9.17) is 0 Å². The maximum absolute atomic E-state index is 12.2. The fourth-order valence-corrected chi connectivity index (χ4v) is 2.87. The number of nitrogens with one attached hydrogen (secondary N) is 2. The first-order chi connectivity index (χ1) is 8.34. The number of carbonyl (C=O) groups excluding carboxylic acids is 1. The van der Waals surface area contributed by atoms with E-state index in [-0.39, 0.29) is 12.4 Å². The maximum Gasteiger partial charge on any atom is 0.223 e. The van der Waals surface area contributed by atoms with Crippen LogP contribution in [-0.2, 0) is 4.79 Å². The molecule has 0 radical (unpaired) electrons. The molecule has 0 atom stereocenters. The first-order valence-electron chi connectivity index (χ1n) is 7.01. The zero-order valence-electron chi connectivity index (χ0n) is 10.8. The molecule has 3 rings (SSSR count). The van der Waals surface area contributed by atoms with Crippen LogP contribution in [0.3, 0.4) is 0 Å². The molecule has 0 saturated heterocycles. The van der Waals surface area contributed by atoms with Crippen LogP contribution in [0.5, 0.6) is 0 Å². The highest BCUT2D eigenvalue weighted by Gasteiger charge is 2.45. The van der Waals surface area contributed by atoms with Crippen molar-refractivity contribution in [2.24, 2.45) is 17.8 Å². The fourth-order valence-electron chi connectivity index (χ4n) is 2.87. The summed E-state index contributed by atoms with van der Waals surface area (Å²) < 4.78 is 0. The van der Waals surface area contributed by atoms with Crippen molar-refractivity contribution in [1.29, 1.82) is 0 Å². The molecule has 18 heavy (non-hydrogen) atoms. The molecule has 1 amide bonds. The molecule has 2 saturated carbocycles. The lowest BCUT2D eigenvalue weighted by atomic mass is 9.96. The van der Waals surface area contributed by atoms with Crippen molar-refractivity contribution in [3.8, 4) is 0 Å². The van der Waals surface area contributed by atoms with Crippen molar-refractivity contribution in [3.63, 3.8) is 0 Å². The highest BCUT2D eigenvalue weighted by Crippen LogP contribution is 2.49. The Morgan fingerprint density at radius 3 is 2.50 bits per heavy atom. The first-order valence-corrected chi connectivity index (χ1v) is 7.01. The molecule has 2 fully saturated rings. The Kier molecular flexibility index (Phi) is 4.68. The monoisotopic (exact) mass is 270 g/mol. The molecule has 0 aromatic heterocycles. The molecule has 102 valence electrons. The molecule has 3 aliphatic rings. The van der Waals surface area contributed by atoms with E-state index >= 15 is 0 Å². The minimum Gasteiger partial charge on any atom is -0.352 e. The molecule has 2 N–H and O–H groups in total. The van der Waals surface area contributed by atoms with Gasteiger partial charge in [0.25, 0.3) is 0 Å². The molecular formula is C14H23ClN2O. The molecule has 0 aromatic rings. The van der Waals surface area contributed by atoms with E-state index in [0.29, 0.717) is 23.7 Å². The van der Waals surface area contributed by atoms with Crippen LogP contribution < -0.4 is 10.6 Å². The van der Waals surface area contributed by atoms with E-state index in [1.807, 2.05) is 0 Å². The van der Waals surface area contributed by atoms with Crippen LogP contribution in [0.1, 0.15) is 32.1 Å². The Hall–Kier alpha value is -0.540. The van der Waals surface area contributed by atoms with Gasteiger partial charge in [-0.05, 0) is 50.5 Å². The van der Waals surface area contributed by atoms with Gasteiger partial charge in [0.1, 0.15) is 0 Å². The van der Waals surface area contributed by atoms with E-state index in [9.17, 15) is 4.79 Å². The summed E-state index contributed by atoms with van der Waals surface area (Å²) in [4.78, 5) is 12.2. The van der Waals surface area contributed by atoms with E-state index < -0.39 is 0 Å². The van der Waals surface area contributed by atoms with Crippen molar-refractivity contribution in [1.82, 2.24) is 10.6 Å². The molecule has 2 aliphatic carbocycles. The lowest BCUT2D eigenvalue weighted by molar-refractivity contribution is -0.126. The van der Waals surface area contributed by atoms with Crippen LogP contribution in [0, 0.1) is 17.8 Å². The van der Waals surface area contributed by atoms with Gasteiger partial charge in [-0.2, -0.15) is 0 Å². The summed E-state index contributed by atoms with van der Waals surface area (Å²) in [6.45, 7) is 2.78.